The predicted octanol–water partition coefficient (Wildman–Crippen LogP) is 4.44. The zero-order valence-corrected chi connectivity index (χ0v) is 17.7. The number of aromatic amines is 1. The first-order chi connectivity index (χ1) is 14.7. The van der Waals surface area contributed by atoms with Gasteiger partial charge in [-0.3, -0.25) is 14.8 Å². The van der Waals surface area contributed by atoms with Gasteiger partial charge in [-0.1, -0.05) is 30.3 Å². The summed E-state index contributed by atoms with van der Waals surface area (Å²) in [5, 5.41) is 10.9. The van der Waals surface area contributed by atoms with Gasteiger partial charge in [0.05, 0.1) is 17.6 Å². The van der Waals surface area contributed by atoms with E-state index in [9.17, 15) is 4.79 Å². The van der Waals surface area contributed by atoms with Crippen LogP contribution in [0.3, 0.4) is 0 Å². The number of fused-ring (bicyclic) bond motifs is 1. The molecule has 1 fully saturated rings. The number of carbonyl (C=O) groups is 1. The van der Waals surface area contributed by atoms with Gasteiger partial charge >= 0.3 is 0 Å². The van der Waals surface area contributed by atoms with Crippen molar-refractivity contribution in [2.24, 2.45) is 5.92 Å². The standard InChI is InChI=1S/C22H20BrN5O2/c23-17-11-16-20(24-19(17)18-7-4-10-30-18)26-27-21(16)25-22(29)15-8-9-28(13-15)12-14-5-2-1-3-6-14/h1-7,10-11,15H,8-9,12-13H2,(H2,24,25,26,27,29)/t15-/m1/s1. The van der Waals surface area contributed by atoms with E-state index < -0.39 is 0 Å². The average Bonchev–Trinajstić information content (AvgIpc) is 3.50. The van der Waals surface area contributed by atoms with Gasteiger partial charge in [-0.15, -0.1) is 0 Å². The number of anilines is 1. The summed E-state index contributed by atoms with van der Waals surface area (Å²) in [6, 6.07) is 15.9. The number of likely N-dealkylation sites (tertiary alicyclic amines) is 1. The van der Waals surface area contributed by atoms with E-state index in [-0.39, 0.29) is 11.8 Å². The SMILES string of the molecule is O=C(Nc1n[nH]c2nc(-c3ccco3)c(Br)cc12)[C@@H]1CCN(Cc2ccccc2)C1. The summed E-state index contributed by atoms with van der Waals surface area (Å²) in [5.74, 6) is 1.09. The van der Waals surface area contributed by atoms with E-state index in [1.807, 2.05) is 36.4 Å². The van der Waals surface area contributed by atoms with Gasteiger partial charge in [-0.25, -0.2) is 4.98 Å². The normalized spacial score (nSPS) is 16.9. The molecular weight excluding hydrogens is 446 g/mol. The van der Waals surface area contributed by atoms with Crippen LogP contribution in [0.5, 0.6) is 0 Å². The molecule has 152 valence electrons. The lowest BCUT2D eigenvalue weighted by atomic mass is 10.1. The maximum atomic E-state index is 12.9. The third-order valence-electron chi connectivity index (χ3n) is 5.39. The molecular formula is C22H20BrN5O2. The maximum absolute atomic E-state index is 12.9. The minimum Gasteiger partial charge on any atom is -0.463 e. The fourth-order valence-electron chi connectivity index (χ4n) is 3.86. The number of hydrogen-bond acceptors (Lipinski definition) is 5. The van der Waals surface area contributed by atoms with E-state index in [1.54, 1.807) is 6.26 Å². The van der Waals surface area contributed by atoms with Crippen molar-refractivity contribution >= 4 is 38.7 Å². The number of pyridine rings is 1. The van der Waals surface area contributed by atoms with Crippen LogP contribution >= 0.6 is 15.9 Å². The molecule has 0 bridgehead atoms. The van der Waals surface area contributed by atoms with Gasteiger partial charge in [-0.2, -0.15) is 5.10 Å². The number of nitrogens with zero attached hydrogens (tertiary/aromatic N) is 3. The van der Waals surface area contributed by atoms with Crippen LogP contribution in [0.25, 0.3) is 22.5 Å². The fraction of sp³-hybridized carbons (Fsp3) is 0.227. The lowest BCUT2D eigenvalue weighted by Crippen LogP contribution is -2.27. The Kier molecular flexibility index (Phi) is 5.10. The Morgan fingerprint density at radius 2 is 2.13 bits per heavy atom. The number of H-pyrrole nitrogens is 1. The molecule has 7 nitrogen and oxygen atoms in total. The average molecular weight is 466 g/mol. The van der Waals surface area contributed by atoms with E-state index in [1.165, 1.54) is 5.56 Å². The second-order valence-electron chi connectivity index (χ2n) is 7.46. The largest absolute Gasteiger partial charge is 0.463 e. The molecule has 8 heteroatoms. The third kappa shape index (κ3) is 3.76. The molecule has 1 saturated heterocycles. The van der Waals surface area contributed by atoms with Crippen molar-refractivity contribution < 1.29 is 9.21 Å². The molecule has 0 unspecified atom stereocenters. The van der Waals surface area contributed by atoms with Crippen molar-refractivity contribution in [3.05, 3.63) is 64.8 Å². The third-order valence-corrected chi connectivity index (χ3v) is 6.00. The number of furan rings is 1. The molecule has 5 rings (SSSR count). The Labute approximate surface area is 181 Å². The van der Waals surface area contributed by atoms with Crippen molar-refractivity contribution in [2.75, 3.05) is 18.4 Å². The van der Waals surface area contributed by atoms with Crippen LogP contribution in [0.1, 0.15) is 12.0 Å². The van der Waals surface area contributed by atoms with Crippen LogP contribution in [0.4, 0.5) is 5.82 Å². The van der Waals surface area contributed by atoms with Gasteiger partial charge in [0, 0.05) is 17.6 Å². The molecule has 4 aromatic rings. The number of nitrogens with one attached hydrogen (secondary N) is 2. The highest BCUT2D eigenvalue weighted by Gasteiger charge is 2.29. The summed E-state index contributed by atoms with van der Waals surface area (Å²) in [7, 11) is 0. The smallest absolute Gasteiger partial charge is 0.230 e. The Bertz CT molecular complexity index is 1170. The van der Waals surface area contributed by atoms with Crippen molar-refractivity contribution in [3.8, 4) is 11.5 Å². The lowest BCUT2D eigenvalue weighted by Gasteiger charge is -2.15. The van der Waals surface area contributed by atoms with Crippen molar-refractivity contribution in [2.45, 2.75) is 13.0 Å². The minimum atomic E-state index is -0.0562. The summed E-state index contributed by atoms with van der Waals surface area (Å²) in [4.78, 5) is 19.8. The molecule has 1 aliphatic rings. The fourth-order valence-corrected chi connectivity index (χ4v) is 4.37. The molecule has 1 amide bonds. The Morgan fingerprint density at radius 3 is 2.93 bits per heavy atom. The number of benzene rings is 1. The molecule has 0 aliphatic carbocycles. The second-order valence-corrected chi connectivity index (χ2v) is 8.31. The van der Waals surface area contributed by atoms with Gasteiger partial charge in [-0.05, 0) is 52.7 Å². The molecule has 1 aromatic carbocycles. The number of aromatic nitrogens is 3. The Balaban J connectivity index is 1.29. The van der Waals surface area contributed by atoms with Crippen LogP contribution in [0.2, 0.25) is 0 Å². The number of hydrogen-bond donors (Lipinski definition) is 2. The van der Waals surface area contributed by atoms with E-state index in [4.69, 9.17) is 4.42 Å². The Morgan fingerprint density at radius 1 is 1.27 bits per heavy atom. The van der Waals surface area contributed by atoms with Crippen molar-refractivity contribution in [1.82, 2.24) is 20.1 Å². The second kappa shape index (κ2) is 8.04. The molecule has 0 radical (unpaired) electrons. The first kappa shape index (κ1) is 19.0. The summed E-state index contributed by atoms with van der Waals surface area (Å²) >= 11 is 3.55. The maximum Gasteiger partial charge on any atom is 0.230 e. The van der Waals surface area contributed by atoms with Crippen LogP contribution in [-0.4, -0.2) is 39.1 Å². The molecule has 0 saturated carbocycles. The molecule has 1 atom stereocenters. The van der Waals surface area contributed by atoms with Gasteiger partial charge in [0.1, 0.15) is 5.69 Å². The number of amides is 1. The van der Waals surface area contributed by atoms with E-state index >= 15 is 0 Å². The monoisotopic (exact) mass is 465 g/mol. The quantitative estimate of drug-likeness (QED) is 0.454. The molecule has 3 aromatic heterocycles. The van der Waals surface area contributed by atoms with Crippen molar-refractivity contribution in [1.29, 1.82) is 0 Å². The molecule has 4 heterocycles. The van der Waals surface area contributed by atoms with Crippen LogP contribution in [0.15, 0.2) is 63.7 Å². The van der Waals surface area contributed by atoms with Gasteiger partial charge < -0.3 is 9.73 Å². The predicted molar refractivity (Wildman–Crippen MR) is 118 cm³/mol. The van der Waals surface area contributed by atoms with E-state index in [0.29, 0.717) is 22.9 Å². The van der Waals surface area contributed by atoms with Crippen LogP contribution in [0, 0.1) is 5.92 Å². The molecule has 0 spiro atoms. The van der Waals surface area contributed by atoms with Crippen molar-refractivity contribution in [3.63, 3.8) is 0 Å². The number of carbonyl (C=O) groups excluding carboxylic acids is 1. The van der Waals surface area contributed by atoms with E-state index in [2.05, 4.69) is 53.5 Å². The first-order valence-electron chi connectivity index (χ1n) is 9.83. The minimum absolute atomic E-state index is 0.00908. The van der Waals surface area contributed by atoms with Gasteiger partial charge in [0.25, 0.3) is 0 Å². The van der Waals surface area contributed by atoms with E-state index in [0.717, 1.165) is 35.9 Å². The molecule has 30 heavy (non-hydrogen) atoms. The molecule has 2 N–H and O–H groups in total. The summed E-state index contributed by atoms with van der Waals surface area (Å²) in [6.07, 6.45) is 2.44. The lowest BCUT2D eigenvalue weighted by molar-refractivity contribution is -0.119. The van der Waals surface area contributed by atoms with Gasteiger partial charge in [0.2, 0.25) is 5.91 Å². The Hall–Kier alpha value is -2.97. The first-order valence-corrected chi connectivity index (χ1v) is 10.6. The van der Waals surface area contributed by atoms with Crippen LogP contribution < -0.4 is 5.32 Å². The highest BCUT2D eigenvalue weighted by Crippen LogP contribution is 2.32. The summed E-state index contributed by atoms with van der Waals surface area (Å²) in [6.45, 7) is 2.52. The number of rotatable bonds is 5. The summed E-state index contributed by atoms with van der Waals surface area (Å²) < 4.78 is 6.21. The molecule has 1 aliphatic heterocycles. The topological polar surface area (TPSA) is 87.0 Å². The zero-order chi connectivity index (χ0) is 20.5. The highest BCUT2D eigenvalue weighted by molar-refractivity contribution is 9.10. The highest BCUT2D eigenvalue weighted by atomic mass is 79.9. The summed E-state index contributed by atoms with van der Waals surface area (Å²) in [5.41, 5.74) is 2.54. The zero-order valence-electron chi connectivity index (χ0n) is 16.1. The van der Waals surface area contributed by atoms with Gasteiger partial charge in [0.15, 0.2) is 17.2 Å². The number of halogens is 1. The van der Waals surface area contributed by atoms with Crippen LogP contribution in [-0.2, 0) is 11.3 Å².